The van der Waals surface area contributed by atoms with Crippen LogP contribution >= 0.6 is 0 Å². The third-order valence-corrected chi connectivity index (χ3v) is 1.70. The highest BCUT2D eigenvalue weighted by Crippen LogP contribution is 2.00. The van der Waals surface area contributed by atoms with Crippen LogP contribution in [0.5, 0.6) is 0 Å². The van der Waals surface area contributed by atoms with Gasteiger partial charge in [0.2, 0.25) is 0 Å². The Morgan fingerprint density at radius 2 is 1.83 bits per heavy atom. The Kier molecular flexibility index (Phi) is 9.95. The van der Waals surface area contributed by atoms with Crippen LogP contribution in [0.15, 0.2) is 24.3 Å². The SMILES string of the molecule is CC=CCC=CCCCCCO. The van der Waals surface area contributed by atoms with Crippen LogP contribution in [0.3, 0.4) is 0 Å². The molecule has 1 heteroatoms. The van der Waals surface area contributed by atoms with E-state index < -0.39 is 0 Å². The molecule has 0 heterocycles. The molecule has 0 unspecified atom stereocenters. The van der Waals surface area contributed by atoms with Crippen molar-refractivity contribution in [1.82, 2.24) is 0 Å². The van der Waals surface area contributed by atoms with Crippen LogP contribution in [-0.4, -0.2) is 11.7 Å². The summed E-state index contributed by atoms with van der Waals surface area (Å²) in [5.41, 5.74) is 0. The normalized spacial score (nSPS) is 11.8. The second-order valence-corrected chi connectivity index (χ2v) is 2.85. The van der Waals surface area contributed by atoms with E-state index in [2.05, 4.69) is 24.3 Å². The van der Waals surface area contributed by atoms with E-state index in [1.807, 2.05) is 6.92 Å². The van der Waals surface area contributed by atoms with Gasteiger partial charge in [-0.2, -0.15) is 0 Å². The zero-order valence-electron chi connectivity index (χ0n) is 8.00. The lowest BCUT2D eigenvalue weighted by Crippen LogP contribution is -1.81. The highest BCUT2D eigenvalue weighted by atomic mass is 16.2. The molecule has 0 saturated heterocycles. The summed E-state index contributed by atoms with van der Waals surface area (Å²) in [6, 6.07) is 0. The number of hydrogen-bond donors (Lipinski definition) is 1. The minimum absolute atomic E-state index is 0.336. The van der Waals surface area contributed by atoms with E-state index in [1.165, 1.54) is 6.42 Å². The molecule has 12 heavy (non-hydrogen) atoms. The van der Waals surface area contributed by atoms with E-state index in [1.54, 1.807) is 0 Å². The highest BCUT2D eigenvalue weighted by Gasteiger charge is 1.83. The molecule has 0 rings (SSSR count). The van der Waals surface area contributed by atoms with Gasteiger partial charge in [-0.05, 0) is 32.6 Å². The molecule has 0 atom stereocenters. The highest BCUT2D eigenvalue weighted by molar-refractivity contribution is 4.91. The molecule has 1 N–H and O–H groups in total. The van der Waals surface area contributed by atoms with Gasteiger partial charge in [0, 0.05) is 6.61 Å². The second-order valence-electron chi connectivity index (χ2n) is 2.85. The summed E-state index contributed by atoms with van der Waals surface area (Å²) in [5, 5.41) is 8.51. The summed E-state index contributed by atoms with van der Waals surface area (Å²) >= 11 is 0. The maximum Gasteiger partial charge on any atom is 0.0431 e. The van der Waals surface area contributed by atoms with Crippen LogP contribution in [0.4, 0.5) is 0 Å². The first kappa shape index (κ1) is 11.4. The van der Waals surface area contributed by atoms with Crippen LogP contribution in [0, 0.1) is 0 Å². The molecule has 0 spiro atoms. The first-order chi connectivity index (χ1) is 5.91. The summed E-state index contributed by atoms with van der Waals surface area (Å²) in [6.45, 7) is 2.37. The van der Waals surface area contributed by atoms with E-state index in [4.69, 9.17) is 5.11 Å². The van der Waals surface area contributed by atoms with Gasteiger partial charge < -0.3 is 5.11 Å². The minimum atomic E-state index is 0.336. The lowest BCUT2D eigenvalue weighted by molar-refractivity contribution is 0.283. The zero-order chi connectivity index (χ0) is 9.07. The van der Waals surface area contributed by atoms with Crippen molar-refractivity contribution in [2.75, 3.05) is 6.61 Å². The Morgan fingerprint density at radius 3 is 2.50 bits per heavy atom. The van der Waals surface area contributed by atoms with Crippen LogP contribution < -0.4 is 0 Å². The monoisotopic (exact) mass is 168 g/mol. The molecule has 0 saturated carbocycles. The maximum absolute atomic E-state index is 8.51. The standard InChI is InChI=1S/C11H20O/c1-2-3-4-5-6-7-8-9-10-11-12/h2-3,5-6,12H,4,7-11H2,1H3. The molecule has 0 aromatic carbocycles. The van der Waals surface area contributed by atoms with Crippen molar-refractivity contribution in [1.29, 1.82) is 0 Å². The molecule has 0 aliphatic heterocycles. The molecule has 1 nitrogen and oxygen atoms in total. The third kappa shape index (κ3) is 9.44. The van der Waals surface area contributed by atoms with Gasteiger partial charge in [-0.25, -0.2) is 0 Å². The van der Waals surface area contributed by atoms with E-state index in [-0.39, 0.29) is 0 Å². The second kappa shape index (κ2) is 10.4. The molecule has 0 aromatic heterocycles. The average molecular weight is 168 g/mol. The van der Waals surface area contributed by atoms with Crippen molar-refractivity contribution in [3.05, 3.63) is 24.3 Å². The molecule has 0 aliphatic carbocycles. The largest absolute Gasteiger partial charge is 0.396 e. The van der Waals surface area contributed by atoms with Crippen molar-refractivity contribution in [2.45, 2.75) is 39.0 Å². The summed E-state index contributed by atoms with van der Waals surface area (Å²) in [5.74, 6) is 0. The number of rotatable bonds is 7. The lowest BCUT2D eigenvalue weighted by Gasteiger charge is -1.92. The van der Waals surface area contributed by atoms with Gasteiger partial charge in [0.25, 0.3) is 0 Å². The van der Waals surface area contributed by atoms with Crippen molar-refractivity contribution < 1.29 is 5.11 Å². The van der Waals surface area contributed by atoms with E-state index in [9.17, 15) is 0 Å². The third-order valence-electron chi connectivity index (χ3n) is 1.70. The first-order valence-corrected chi connectivity index (χ1v) is 4.78. The fourth-order valence-corrected chi connectivity index (χ4v) is 0.979. The van der Waals surface area contributed by atoms with Gasteiger partial charge in [-0.1, -0.05) is 30.7 Å². The molecule has 0 aromatic rings. The molecule has 0 radical (unpaired) electrons. The molecule has 0 bridgehead atoms. The van der Waals surface area contributed by atoms with Crippen molar-refractivity contribution >= 4 is 0 Å². The van der Waals surface area contributed by atoms with Gasteiger partial charge in [-0.3, -0.25) is 0 Å². The fraction of sp³-hybridized carbons (Fsp3) is 0.636. The van der Waals surface area contributed by atoms with Gasteiger partial charge in [-0.15, -0.1) is 0 Å². The molecule has 70 valence electrons. The van der Waals surface area contributed by atoms with E-state index in [0.29, 0.717) is 6.61 Å². The topological polar surface area (TPSA) is 20.2 Å². The van der Waals surface area contributed by atoms with Crippen LogP contribution in [0.25, 0.3) is 0 Å². The quantitative estimate of drug-likeness (QED) is 0.457. The Bertz CT molecular complexity index is 125. The lowest BCUT2D eigenvalue weighted by atomic mass is 10.2. The van der Waals surface area contributed by atoms with E-state index in [0.717, 1.165) is 25.7 Å². The smallest absolute Gasteiger partial charge is 0.0431 e. The molecular formula is C11H20O. The van der Waals surface area contributed by atoms with E-state index >= 15 is 0 Å². The number of aliphatic hydroxyl groups is 1. The first-order valence-electron chi connectivity index (χ1n) is 4.78. The van der Waals surface area contributed by atoms with Gasteiger partial charge >= 0.3 is 0 Å². The number of allylic oxidation sites excluding steroid dienone is 4. The molecule has 0 aliphatic rings. The van der Waals surface area contributed by atoms with Crippen LogP contribution in [0.1, 0.15) is 39.0 Å². The zero-order valence-corrected chi connectivity index (χ0v) is 8.00. The van der Waals surface area contributed by atoms with Crippen molar-refractivity contribution in [2.24, 2.45) is 0 Å². The fourth-order valence-electron chi connectivity index (χ4n) is 0.979. The number of hydrogen-bond acceptors (Lipinski definition) is 1. The summed E-state index contributed by atoms with van der Waals surface area (Å²) in [7, 11) is 0. The Morgan fingerprint density at radius 1 is 1.00 bits per heavy atom. The van der Waals surface area contributed by atoms with Crippen molar-refractivity contribution in [3.63, 3.8) is 0 Å². The number of aliphatic hydroxyl groups excluding tert-OH is 1. The molecular weight excluding hydrogens is 148 g/mol. The molecule has 0 fully saturated rings. The Balaban J connectivity index is 3.02. The summed E-state index contributed by atoms with van der Waals surface area (Å²) < 4.78 is 0. The predicted molar refractivity (Wildman–Crippen MR) is 54.1 cm³/mol. The Hall–Kier alpha value is -0.560. The van der Waals surface area contributed by atoms with Gasteiger partial charge in [0.05, 0.1) is 0 Å². The average Bonchev–Trinajstić information content (AvgIpc) is 2.10. The van der Waals surface area contributed by atoms with Crippen LogP contribution in [0.2, 0.25) is 0 Å². The summed E-state index contributed by atoms with van der Waals surface area (Å²) in [6.07, 6.45) is 14.1. The predicted octanol–water partition coefficient (Wildman–Crippen LogP) is 3.06. The summed E-state index contributed by atoms with van der Waals surface area (Å²) in [4.78, 5) is 0. The maximum atomic E-state index is 8.51. The van der Waals surface area contributed by atoms with Crippen molar-refractivity contribution in [3.8, 4) is 0 Å². The minimum Gasteiger partial charge on any atom is -0.396 e. The number of unbranched alkanes of at least 4 members (excludes halogenated alkanes) is 3. The molecule has 0 amide bonds. The Labute approximate surface area is 75.8 Å². The van der Waals surface area contributed by atoms with Gasteiger partial charge in [0.1, 0.15) is 0 Å². The van der Waals surface area contributed by atoms with Crippen LogP contribution in [-0.2, 0) is 0 Å². The van der Waals surface area contributed by atoms with Gasteiger partial charge in [0.15, 0.2) is 0 Å².